The molecule has 0 unspecified atom stereocenters. The van der Waals surface area contributed by atoms with Crippen LogP contribution in [0.2, 0.25) is 0 Å². The number of rotatable bonds is 3. The fourth-order valence-electron chi connectivity index (χ4n) is 1.72. The molecule has 0 N–H and O–H groups in total. The average Bonchev–Trinajstić information content (AvgIpc) is 2.72. The number of imidazole rings is 1. The summed E-state index contributed by atoms with van der Waals surface area (Å²) in [5.41, 5.74) is 1.42. The van der Waals surface area contributed by atoms with E-state index in [4.69, 9.17) is 0 Å². The van der Waals surface area contributed by atoms with Crippen LogP contribution in [-0.4, -0.2) is 33.8 Å². The Hall–Kier alpha value is -1.84. The van der Waals surface area contributed by atoms with E-state index in [1.54, 1.807) is 11.1 Å². The van der Waals surface area contributed by atoms with Gasteiger partial charge in [-0.05, 0) is 18.6 Å². The quantitative estimate of drug-likeness (QED) is 0.786. The number of hydrogen-bond donors (Lipinski definition) is 0. The van der Waals surface area contributed by atoms with E-state index in [0.717, 1.165) is 18.6 Å². The largest absolute Gasteiger partial charge is 0.340 e. The Balaban J connectivity index is 2.36. The highest BCUT2D eigenvalue weighted by Crippen LogP contribution is 2.08. The Kier molecular flexibility index (Phi) is 2.90. The molecule has 4 heteroatoms. The first kappa shape index (κ1) is 10.7. The molecule has 4 nitrogen and oxygen atoms in total. The third-order valence-electron chi connectivity index (χ3n) is 2.54. The van der Waals surface area contributed by atoms with Gasteiger partial charge in [0.25, 0.3) is 5.91 Å². The van der Waals surface area contributed by atoms with Crippen molar-refractivity contribution >= 4 is 11.6 Å². The highest BCUT2D eigenvalue weighted by atomic mass is 16.2. The highest BCUT2D eigenvalue weighted by molar-refractivity contribution is 5.93. The summed E-state index contributed by atoms with van der Waals surface area (Å²) in [4.78, 5) is 18.0. The van der Waals surface area contributed by atoms with Crippen molar-refractivity contribution in [1.29, 1.82) is 0 Å². The van der Waals surface area contributed by atoms with E-state index >= 15 is 0 Å². The van der Waals surface area contributed by atoms with E-state index in [1.807, 2.05) is 35.8 Å². The average molecular weight is 217 g/mol. The number of carbonyl (C=O) groups is 1. The van der Waals surface area contributed by atoms with E-state index in [0.29, 0.717) is 5.69 Å². The second-order valence-corrected chi connectivity index (χ2v) is 3.80. The van der Waals surface area contributed by atoms with Gasteiger partial charge in [0.05, 0.1) is 6.20 Å². The summed E-state index contributed by atoms with van der Waals surface area (Å²) < 4.78 is 1.81. The lowest BCUT2D eigenvalue weighted by molar-refractivity contribution is 0.0788. The van der Waals surface area contributed by atoms with E-state index < -0.39 is 0 Å². The van der Waals surface area contributed by atoms with Gasteiger partial charge in [-0.3, -0.25) is 9.20 Å². The standard InChI is InChI=1S/C12H15N3O/c1-3-7-14(2)12(16)10-9-13-11-6-4-5-8-15(10)11/h4-6,8-9H,3,7H2,1-2H3. The van der Waals surface area contributed by atoms with Crippen LogP contribution in [0.15, 0.2) is 30.6 Å². The van der Waals surface area contributed by atoms with Crippen LogP contribution >= 0.6 is 0 Å². The van der Waals surface area contributed by atoms with Gasteiger partial charge in [-0.25, -0.2) is 4.98 Å². The van der Waals surface area contributed by atoms with Crippen molar-refractivity contribution in [3.05, 3.63) is 36.3 Å². The van der Waals surface area contributed by atoms with Crippen LogP contribution in [0.5, 0.6) is 0 Å². The SMILES string of the molecule is CCCN(C)C(=O)c1cnc2ccccn12. The third-order valence-corrected chi connectivity index (χ3v) is 2.54. The maximum absolute atomic E-state index is 12.1. The second-order valence-electron chi connectivity index (χ2n) is 3.80. The molecule has 2 heterocycles. The van der Waals surface area contributed by atoms with Crippen LogP contribution in [0.25, 0.3) is 5.65 Å². The van der Waals surface area contributed by atoms with Crippen molar-refractivity contribution in [3.8, 4) is 0 Å². The molecule has 0 aliphatic carbocycles. The van der Waals surface area contributed by atoms with Crippen LogP contribution in [0, 0.1) is 0 Å². The van der Waals surface area contributed by atoms with Crippen LogP contribution in [0.4, 0.5) is 0 Å². The lowest BCUT2D eigenvalue weighted by Crippen LogP contribution is -2.28. The van der Waals surface area contributed by atoms with Crippen molar-refractivity contribution in [3.63, 3.8) is 0 Å². The predicted octanol–water partition coefficient (Wildman–Crippen LogP) is 1.82. The van der Waals surface area contributed by atoms with Gasteiger partial charge >= 0.3 is 0 Å². The number of hydrogen-bond acceptors (Lipinski definition) is 2. The molecule has 0 atom stereocenters. The molecule has 0 saturated carbocycles. The Morgan fingerprint density at radius 3 is 3.06 bits per heavy atom. The van der Waals surface area contributed by atoms with Gasteiger partial charge < -0.3 is 4.90 Å². The zero-order valence-electron chi connectivity index (χ0n) is 9.55. The second kappa shape index (κ2) is 4.35. The maximum atomic E-state index is 12.1. The van der Waals surface area contributed by atoms with Crippen molar-refractivity contribution in [1.82, 2.24) is 14.3 Å². The first-order valence-electron chi connectivity index (χ1n) is 5.41. The molecule has 84 valence electrons. The molecule has 2 rings (SSSR count). The van der Waals surface area contributed by atoms with Gasteiger partial charge in [0.2, 0.25) is 0 Å². The molecule has 1 amide bonds. The molecule has 0 bridgehead atoms. The minimum atomic E-state index is 0.0144. The normalized spacial score (nSPS) is 10.6. The topological polar surface area (TPSA) is 37.6 Å². The molecular weight excluding hydrogens is 202 g/mol. The van der Waals surface area contributed by atoms with Crippen LogP contribution < -0.4 is 0 Å². The molecule has 0 aliphatic heterocycles. The summed E-state index contributed by atoms with van der Waals surface area (Å²) in [5, 5.41) is 0. The Bertz CT molecular complexity index is 504. The van der Waals surface area contributed by atoms with E-state index in [1.165, 1.54) is 0 Å². The lowest BCUT2D eigenvalue weighted by Gasteiger charge is -2.15. The smallest absolute Gasteiger partial charge is 0.272 e. The Morgan fingerprint density at radius 2 is 2.31 bits per heavy atom. The van der Waals surface area contributed by atoms with Crippen molar-refractivity contribution in [2.45, 2.75) is 13.3 Å². The fraction of sp³-hybridized carbons (Fsp3) is 0.333. The Morgan fingerprint density at radius 1 is 1.50 bits per heavy atom. The van der Waals surface area contributed by atoms with Crippen molar-refractivity contribution in [2.24, 2.45) is 0 Å². The molecule has 0 aromatic carbocycles. The number of nitrogens with zero attached hydrogens (tertiary/aromatic N) is 3. The molecule has 16 heavy (non-hydrogen) atoms. The van der Waals surface area contributed by atoms with Gasteiger partial charge in [0, 0.05) is 19.8 Å². The van der Waals surface area contributed by atoms with Gasteiger partial charge in [0.1, 0.15) is 11.3 Å². The number of aromatic nitrogens is 2. The number of pyridine rings is 1. The molecule has 0 aliphatic rings. The summed E-state index contributed by atoms with van der Waals surface area (Å²) >= 11 is 0. The summed E-state index contributed by atoms with van der Waals surface area (Å²) in [6, 6.07) is 5.69. The predicted molar refractivity (Wildman–Crippen MR) is 62.4 cm³/mol. The van der Waals surface area contributed by atoms with Gasteiger partial charge in [-0.1, -0.05) is 13.0 Å². The zero-order valence-corrected chi connectivity index (χ0v) is 9.55. The summed E-state index contributed by atoms with van der Waals surface area (Å²) in [6.45, 7) is 2.82. The Labute approximate surface area is 94.5 Å². The summed E-state index contributed by atoms with van der Waals surface area (Å²) in [5.74, 6) is 0.0144. The molecule has 0 fully saturated rings. The van der Waals surface area contributed by atoms with Gasteiger partial charge in [-0.15, -0.1) is 0 Å². The van der Waals surface area contributed by atoms with E-state index in [-0.39, 0.29) is 5.91 Å². The molecule has 2 aromatic rings. The molecule has 0 spiro atoms. The monoisotopic (exact) mass is 217 g/mol. The molecular formula is C12H15N3O. The third kappa shape index (κ3) is 1.78. The van der Waals surface area contributed by atoms with Crippen LogP contribution in [0.3, 0.4) is 0 Å². The van der Waals surface area contributed by atoms with Gasteiger partial charge in [0.15, 0.2) is 0 Å². The van der Waals surface area contributed by atoms with E-state index in [2.05, 4.69) is 11.9 Å². The first-order chi connectivity index (χ1) is 7.74. The lowest BCUT2D eigenvalue weighted by atomic mass is 10.3. The zero-order chi connectivity index (χ0) is 11.5. The molecule has 0 saturated heterocycles. The first-order valence-corrected chi connectivity index (χ1v) is 5.41. The van der Waals surface area contributed by atoms with Gasteiger partial charge in [-0.2, -0.15) is 0 Å². The number of carbonyl (C=O) groups excluding carboxylic acids is 1. The maximum Gasteiger partial charge on any atom is 0.272 e. The highest BCUT2D eigenvalue weighted by Gasteiger charge is 2.15. The summed E-state index contributed by atoms with van der Waals surface area (Å²) in [6.07, 6.45) is 4.44. The minimum Gasteiger partial charge on any atom is -0.340 e. The van der Waals surface area contributed by atoms with Crippen molar-refractivity contribution in [2.75, 3.05) is 13.6 Å². The molecule has 0 radical (unpaired) electrons. The number of amides is 1. The van der Waals surface area contributed by atoms with Crippen LogP contribution in [0.1, 0.15) is 23.8 Å². The van der Waals surface area contributed by atoms with Crippen molar-refractivity contribution < 1.29 is 4.79 Å². The molecule has 2 aromatic heterocycles. The summed E-state index contributed by atoms with van der Waals surface area (Å²) in [7, 11) is 1.81. The van der Waals surface area contributed by atoms with E-state index in [9.17, 15) is 4.79 Å². The fourth-order valence-corrected chi connectivity index (χ4v) is 1.72. The number of fused-ring (bicyclic) bond motifs is 1. The minimum absolute atomic E-state index is 0.0144. The van der Waals surface area contributed by atoms with Crippen LogP contribution in [-0.2, 0) is 0 Å².